The number of hydrogen-bond donors (Lipinski definition) is 1. The summed E-state index contributed by atoms with van der Waals surface area (Å²) >= 11 is 0. The van der Waals surface area contributed by atoms with Crippen molar-refractivity contribution >= 4 is 23.1 Å². The Balaban J connectivity index is 1.44. The van der Waals surface area contributed by atoms with Gasteiger partial charge in [0.05, 0.1) is 24.9 Å². The van der Waals surface area contributed by atoms with Crippen molar-refractivity contribution in [2.24, 2.45) is 0 Å². The number of nitrogens with one attached hydrogen (secondary N) is 1. The van der Waals surface area contributed by atoms with Gasteiger partial charge in [0.2, 0.25) is 5.89 Å². The Morgan fingerprint density at radius 3 is 2.65 bits per heavy atom. The van der Waals surface area contributed by atoms with Gasteiger partial charge in [-0.3, -0.25) is 4.57 Å². The van der Waals surface area contributed by atoms with Gasteiger partial charge in [0.1, 0.15) is 6.61 Å². The van der Waals surface area contributed by atoms with Gasteiger partial charge in [-0.05, 0) is 18.6 Å². The van der Waals surface area contributed by atoms with E-state index in [0.29, 0.717) is 22.7 Å². The molecule has 0 aliphatic rings. The summed E-state index contributed by atoms with van der Waals surface area (Å²) in [6, 6.07) is 16.9. The number of fused-ring (bicyclic) bond motifs is 1. The second-order valence-electron chi connectivity index (χ2n) is 6.66. The number of amides is 1. The Hall–Kier alpha value is -4.07. The van der Waals surface area contributed by atoms with E-state index < -0.39 is 12.2 Å². The SMILES string of the molecule is CCOC(=O)n1cc(-c2cnc(CNC(=O)OCc3ccccc3)o2)c2ccccc21. The molecule has 4 aromatic rings. The van der Waals surface area contributed by atoms with Crippen molar-refractivity contribution in [3.05, 3.63) is 78.4 Å². The molecule has 1 N–H and O–H groups in total. The summed E-state index contributed by atoms with van der Waals surface area (Å²) in [6.07, 6.45) is 2.19. The Labute approximate surface area is 178 Å². The zero-order chi connectivity index (χ0) is 21.6. The number of hydrogen-bond acceptors (Lipinski definition) is 6. The van der Waals surface area contributed by atoms with Gasteiger partial charge in [-0.2, -0.15) is 0 Å². The highest BCUT2D eigenvalue weighted by atomic mass is 16.6. The molecular formula is C23H21N3O5. The third-order valence-corrected chi connectivity index (χ3v) is 4.59. The highest BCUT2D eigenvalue weighted by Crippen LogP contribution is 2.31. The van der Waals surface area contributed by atoms with Gasteiger partial charge in [-0.1, -0.05) is 48.5 Å². The van der Waals surface area contributed by atoms with Crippen LogP contribution in [0.2, 0.25) is 0 Å². The maximum Gasteiger partial charge on any atom is 0.418 e. The van der Waals surface area contributed by atoms with E-state index in [1.54, 1.807) is 19.3 Å². The van der Waals surface area contributed by atoms with Crippen LogP contribution in [0, 0.1) is 0 Å². The maximum absolute atomic E-state index is 12.3. The summed E-state index contributed by atoms with van der Waals surface area (Å²) in [6.45, 7) is 2.28. The lowest BCUT2D eigenvalue weighted by molar-refractivity contribution is 0.138. The molecule has 158 valence electrons. The smallest absolute Gasteiger partial charge is 0.418 e. The normalized spacial score (nSPS) is 10.7. The molecule has 4 rings (SSSR count). The van der Waals surface area contributed by atoms with Crippen molar-refractivity contribution in [1.29, 1.82) is 0 Å². The number of benzene rings is 2. The van der Waals surface area contributed by atoms with Gasteiger partial charge < -0.3 is 19.2 Å². The molecule has 0 aliphatic heterocycles. The molecule has 0 saturated heterocycles. The van der Waals surface area contributed by atoms with E-state index in [2.05, 4.69) is 10.3 Å². The summed E-state index contributed by atoms with van der Waals surface area (Å²) in [5.74, 6) is 0.799. The van der Waals surface area contributed by atoms with E-state index in [1.165, 1.54) is 4.57 Å². The monoisotopic (exact) mass is 419 g/mol. The molecular weight excluding hydrogens is 398 g/mol. The number of oxazole rings is 1. The van der Waals surface area contributed by atoms with E-state index in [9.17, 15) is 9.59 Å². The zero-order valence-corrected chi connectivity index (χ0v) is 16.9. The van der Waals surface area contributed by atoms with Crippen LogP contribution in [0.15, 0.2) is 71.4 Å². The molecule has 0 bridgehead atoms. The fraction of sp³-hybridized carbons (Fsp3) is 0.174. The highest BCUT2D eigenvalue weighted by molar-refractivity contribution is 5.99. The van der Waals surface area contributed by atoms with Crippen molar-refractivity contribution in [2.45, 2.75) is 20.1 Å². The molecule has 0 atom stereocenters. The van der Waals surface area contributed by atoms with Crippen LogP contribution in [0.3, 0.4) is 0 Å². The number of rotatable bonds is 6. The van der Waals surface area contributed by atoms with Gasteiger partial charge in [0, 0.05) is 17.1 Å². The predicted molar refractivity (Wildman–Crippen MR) is 113 cm³/mol. The molecule has 8 heteroatoms. The lowest BCUT2D eigenvalue weighted by Gasteiger charge is -2.05. The largest absolute Gasteiger partial charge is 0.449 e. The minimum atomic E-state index is -0.567. The Morgan fingerprint density at radius 2 is 1.84 bits per heavy atom. The first-order valence-corrected chi connectivity index (χ1v) is 9.82. The minimum Gasteiger partial charge on any atom is -0.449 e. The number of para-hydroxylation sites is 1. The number of carbonyl (C=O) groups is 2. The third-order valence-electron chi connectivity index (χ3n) is 4.59. The van der Waals surface area contributed by atoms with Crippen LogP contribution >= 0.6 is 0 Å². The maximum atomic E-state index is 12.3. The van der Waals surface area contributed by atoms with Crippen molar-refractivity contribution in [1.82, 2.24) is 14.9 Å². The van der Waals surface area contributed by atoms with Crippen molar-refractivity contribution < 1.29 is 23.5 Å². The fourth-order valence-electron chi connectivity index (χ4n) is 3.16. The lowest BCUT2D eigenvalue weighted by Crippen LogP contribution is -2.23. The van der Waals surface area contributed by atoms with Crippen molar-refractivity contribution in [3.63, 3.8) is 0 Å². The first-order chi connectivity index (χ1) is 15.2. The molecule has 2 aromatic carbocycles. The zero-order valence-electron chi connectivity index (χ0n) is 16.9. The van der Waals surface area contributed by atoms with E-state index in [0.717, 1.165) is 10.9 Å². The van der Waals surface area contributed by atoms with Gasteiger partial charge in [-0.15, -0.1) is 0 Å². The molecule has 31 heavy (non-hydrogen) atoms. The first kappa shape index (κ1) is 20.2. The summed E-state index contributed by atoms with van der Waals surface area (Å²) < 4.78 is 17.5. The molecule has 0 fully saturated rings. The molecule has 0 spiro atoms. The van der Waals surface area contributed by atoms with Gasteiger partial charge in [-0.25, -0.2) is 14.6 Å². The Bertz CT molecular complexity index is 1200. The highest BCUT2D eigenvalue weighted by Gasteiger charge is 2.18. The number of nitrogens with zero attached hydrogens (tertiary/aromatic N) is 2. The minimum absolute atomic E-state index is 0.0736. The lowest BCUT2D eigenvalue weighted by atomic mass is 10.1. The van der Waals surface area contributed by atoms with E-state index in [-0.39, 0.29) is 19.8 Å². The summed E-state index contributed by atoms with van der Waals surface area (Å²) in [4.78, 5) is 28.4. The molecule has 2 heterocycles. The Kier molecular flexibility index (Phi) is 5.98. The van der Waals surface area contributed by atoms with E-state index >= 15 is 0 Å². The molecule has 0 unspecified atom stereocenters. The predicted octanol–water partition coefficient (Wildman–Crippen LogP) is 4.73. The average molecular weight is 419 g/mol. The number of carbonyl (C=O) groups excluding carboxylic acids is 2. The summed E-state index contributed by atoms with van der Waals surface area (Å²) in [5.41, 5.74) is 2.31. The van der Waals surface area contributed by atoms with Crippen LogP contribution in [-0.2, 0) is 22.6 Å². The number of alkyl carbamates (subject to hydrolysis) is 1. The first-order valence-electron chi connectivity index (χ1n) is 9.82. The molecule has 0 aliphatic carbocycles. The average Bonchev–Trinajstić information content (AvgIpc) is 3.42. The third kappa shape index (κ3) is 4.58. The van der Waals surface area contributed by atoms with Crippen LogP contribution in [0.5, 0.6) is 0 Å². The van der Waals surface area contributed by atoms with Crippen LogP contribution in [0.1, 0.15) is 18.4 Å². The summed E-state index contributed by atoms with van der Waals surface area (Å²) in [5, 5.41) is 3.44. The van der Waals surface area contributed by atoms with Crippen LogP contribution in [0.25, 0.3) is 22.2 Å². The molecule has 8 nitrogen and oxygen atoms in total. The van der Waals surface area contributed by atoms with E-state index in [4.69, 9.17) is 13.9 Å². The topological polar surface area (TPSA) is 95.6 Å². The number of aromatic nitrogens is 2. The van der Waals surface area contributed by atoms with E-state index in [1.807, 2.05) is 54.6 Å². The fourth-order valence-corrected chi connectivity index (χ4v) is 3.16. The molecule has 0 radical (unpaired) electrons. The summed E-state index contributed by atoms with van der Waals surface area (Å²) in [7, 11) is 0. The quantitative estimate of drug-likeness (QED) is 0.486. The molecule has 0 saturated carbocycles. The van der Waals surface area contributed by atoms with Crippen LogP contribution in [0.4, 0.5) is 9.59 Å². The van der Waals surface area contributed by atoms with Gasteiger partial charge in [0.15, 0.2) is 5.76 Å². The standard InChI is InChI=1S/C23H21N3O5/c1-2-29-23(28)26-14-18(17-10-6-7-11-19(17)26)20-12-24-21(31-20)13-25-22(27)30-15-16-8-4-3-5-9-16/h3-12,14H,2,13,15H2,1H3,(H,25,27). The second-order valence-corrected chi connectivity index (χ2v) is 6.66. The van der Waals surface area contributed by atoms with Crippen molar-refractivity contribution in [3.8, 4) is 11.3 Å². The second kappa shape index (κ2) is 9.17. The molecule has 2 aromatic heterocycles. The molecule has 1 amide bonds. The van der Waals surface area contributed by atoms with Crippen LogP contribution < -0.4 is 5.32 Å². The van der Waals surface area contributed by atoms with Gasteiger partial charge in [0.25, 0.3) is 0 Å². The van der Waals surface area contributed by atoms with Gasteiger partial charge >= 0.3 is 12.2 Å². The van der Waals surface area contributed by atoms with Crippen molar-refractivity contribution in [2.75, 3.05) is 6.61 Å². The number of ether oxygens (including phenoxy) is 2. The Morgan fingerprint density at radius 1 is 1.06 bits per heavy atom. The van der Waals surface area contributed by atoms with Crippen LogP contribution in [-0.4, -0.2) is 28.3 Å².